The molecule has 7 nitrogen and oxygen atoms in total. The van der Waals surface area contributed by atoms with Gasteiger partial charge < -0.3 is 10.1 Å². The number of fused-ring (bicyclic) bond motifs is 1. The Bertz CT molecular complexity index is 754. The van der Waals surface area contributed by atoms with Gasteiger partial charge in [-0.05, 0) is 25.1 Å². The first-order valence-electron chi connectivity index (χ1n) is 6.60. The fourth-order valence-electron chi connectivity index (χ4n) is 2.07. The summed E-state index contributed by atoms with van der Waals surface area (Å²) in [5.74, 6) is 0.714. The normalized spacial score (nSPS) is 11.0. The molecule has 0 saturated heterocycles. The zero-order chi connectivity index (χ0) is 14.7. The highest BCUT2D eigenvalue weighted by Gasteiger charge is 2.06. The second kappa shape index (κ2) is 5.84. The lowest BCUT2D eigenvalue weighted by Gasteiger charge is -2.06. The third-order valence-electron chi connectivity index (χ3n) is 3.04. The number of anilines is 1. The van der Waals surface area contributed by atoms with E-state index in [-0.39, 0.29) is 0 Å². The Morgan fingerprint density at radius 1 is 1.29 bits per heavy atom. The number of pyridine rings is 1. The molecular weight excluding hydrogens is 268 g/mol. The molecule has 0 unspecified atom stereocenters. The molecule has 3 aromatic heterocycles. The van der Waals surface area contributed by atoms with E-state index in [2.05, 4.69) is 30.5 Å². The van der Waals surface area contributed by atoms with E-state index in [9.17, 15) is 0 Å². The zero-order valence-electron chi connectivity index (χ0n) is 11.9. The van der Waals surface area contributed by atoms with E-state index in [1.54, 1.807) is 7.11 Å². The van der Waals surface area contributed by atoms with E-state index in [1.165, 1.54) is 6.33 Å². The van der Waals surface area contributed by atoms with Gasteiger partial charge in [-0.15, -0.1) is 0 Å². The van der Waals surface area contributed by atoms with Gasteiger partial charge in [0, 0.05) is 12.8 Å². The molecule has 0 aliphatic heterocycles. The SMILES string of the molecule is COCc1cc(CNc2ncnc3ccc(C)nc23)[nH]n1. The summed E-state index contributed by atoms with van der Waals surface area (Å²) >= 11 is 0. The number of nitrogens with zero attached hydrogens (tertiary/aromatic N) is 4. The maximum Gasteiger partial charge on any atom is 0.156 e. The highest BCUT2D eigenvalue weighted by Crippen LogP contribution is 2.17. The van der Waals surface area contributed by atoms with Gasteiger partial charge in [0.25, 0.3) is 0 Å². The number of methoxy groups -OCH3 is 1. The Morgan fingerprint density at radius 2 is 2.19 bits per heavy atom. The van der Waals surface area contributed by atoms with Crippen LogP contribution in [0.2, 0.25) is 0 Å². The molecule has 3 heterocycles. The molecule has 0 aromatic carbocycles. The first kappa shape index (κ1) is 13.4. The minimum Gasteiger partial charge on any atom is -0.378 e. The molecule has 0 fully saturated rings. The van der Waals surface area contributed by atoms with Gasteiger partial charge in [-0.25, -0.2) is 15.0 Å². The average molecular weight is 284 g/mol. The van der Waals surface area contributed by atoms with Crippen LogP contribution in [0.15, 0.2) is 24.5 Å². The minimum atomic E-state index is 0.494. The largest absolute Gasteiger partial charge is 0.378 e. The van der Waals surface area contributed by atoms with Crippen LogP contribution in [0, 0.1) is 6.92 Å². The summed E-state index contributed by atoms with van der Waals surface area (Å²) in [6, 6.07) is 5.83. The lowest BCUT2D eigenvalue weighted by atomic mass is 10.3. The number of H-pyrrole nitrogens is 1. The smallest absolute Gasteiger partial charge is 0.156 e. The van der Waals surface area contributed by atoms with Crippen molar-refractivity contribution in [1.29, 1.82) is 0 Å². The number of hydrogen-bond acceptors (Lipinski definition) is 6. The molecule has 0 saturated carbocycles. The summed E-state index contributed by atoms with van der Waals surface area (Å²) in [4.78, 5) is 13.0. The molecular formula is C14H16N6O. The number of aromatic amines is 1. The molecule has 0 spiro atoms. The number of aryl methyl sites for hydroxylation is 1. The van der Waals surface area contributed by atoms with Gasteiger partial charge >= 0.3 is 0 Å². The van der Waals surface area contributed by atoms with Crippen LogP contribution in [0.1, 0.15) is 17.1 Å². The summed E-state index contributed by atoms with van der Waals surface area (Å²) in [5.41, 5.74) is 4.36. The van der Waals surface area contributed by atoms with E-state index >= 15 is 0 Å². The Hall–Kier alpha value is -2.54. The number of rotatable bonds is 5. The molecule has 0 atom stereocenters. The Balaban J connectivity index is 1.79. The summed E-state index contributed by atoms with van der Waals surface area (Å²) in [5, 5.41) is 10.4. The second-order valence-electron chi connectivity index (χ2n) is 4.71. The molecule has 3 aromatic rings. The molecule has 0 aliphatic rings. The summed E-state index contributed by atoms with van der Waals surface area (Å²) in [6.45, 7) is 3.02. The molecule has 3 rings (SSSR count). The first-order chi connectivity index (χ1) is 10.3. The Kier molecular flexibility index (Phi) is 3.74. The summed E-state index contributed by atoms with van der Waals surface area (Å²) in [6.07, 6.45) is 1.53. The van der Waals surface area contributed by atoms with E-state index in [0.717, 1.165) is 28.1 Å². The van der Waals surface area contributed by atoms with Crippen molar-refractivity contribution in [2.75, 3.05) is 12.4 Å². The fraction of sp³-hybridized carbons (Fsp3) is 0.286. The van der Waals surface area contributed by atoms with Crippen LogP contribution in [-0.4, -0.2) is 32.3 Å². The quantitative estimate of drug-likeness (QED) is 0.743. The molecule has 108 valence electrons. The van der Waals surface area contributed by atoms with Crippen LogP contribution in [-0.2, 0) is 17.9 Å². The van der Waals surface area contributed by atoms with Crippen molar-refractivity contribution in [3.05, 3.63) is 41.6 Å². The number of ether oxygens (including phenoxy) is 1. The molecule has 7 heteroatoms. The molecule has 2 N–H and O–H groups in total. The van der Waals surface area contributed by atoms with Gasteiger partial charge in [-0.2, -0.15) is 5.10 Å². The third-order valence-corrected chi connectivity index (χ3v) is 3.04. The average Bonchev–Trinajstić information content (AvgIpc) is 2.93. The van der Waals surface area contributed by atoms with E-state index < -0.39 is 0 Å². The maximum absolute atomic E-state index is 5.04. The van der Waals surface area contributed by atoms with Crippen LogP contribution in [0.4, 0.5) is 5.82 Å². The summed E-state index contributed by atoms with van der Waals surface area (Å²) in [7, 11) is 1.65. The number of hydrogen-bond donors (Lipinski definition) is 2. The van der Waals surface area contributed by atoms with Crippen molar-refractivity contribution in [3.63, 3.8) is 0 Å². The van der Waals surface area contributed by atoms with Crippen molar-refractivity contribution < 1.29 is 4.74 Å². The Labute approximate surface area is 121 Å². The Morgan fingerprint density at radius 3 is 3.05 bits per heavy atom. The zero-order valence-corrected chi connectivity index (χ0v) is 11.9. The number of nitrogens with one attached hydrogen (secondary N) is 2. The molecule has 0 radical (unpaired) electrons. The highest BCUT2D eigenvalue weighted by molar-refractivity contribution is 5.84. The van der Waals surface area contributed by atoms with Gasteiger partial charge in [0.1, 0.15) is 11.8 Å². The van der Waals surface area contributed by atoms with Gasteiger partial charge in [-0.3, -0.25) is 5.10 Å². The first-order valence-corrected chi connectivity index (χ1v) is 6.60. The topological polar surface area (TPSA) is 88.6 Å². The maximum atomic E-state index is 5.04. The monoisotopic (exact) mass is 284 g/mol. The molecule has 21 heavy (non-hydrogen) atoms. The van der Waals surface area contributed by atoms with Crippen molar-refractivity contribution >= 4 is 16.9 Å². The van der Waals surface area contributed by atoms with Crippen molar-refractivity contribution in [2.24, 2.45) is 0 Å². The lowest BCUT2D eigenvalue weighted by molar-refractivity contribution is 0.181. The van der Waals surface area contributed by atoms with Crippen LogP contribution in [0.3, 0.4) is 0 Å². The van der Waals surface area contributed by atoms with Gasteiger partial charge in [0.15, 0.2) is 5.82 Å². The minimum absolute atomic E-state index is 0.494. The predicted molar refractivity (Wildman–Crippen MR) is 78.7 cm³/mol. The van der Waals surface area contributed by atoms with E-state index in [0.29, 0.717) is 19.0 Å². The molecule has 0 amide bonds. The summed E-state index contributed by atoms with van der Waals surface area (Å²) < 4.78 is 5.04. The fourth-order valence-corrected chi connectivity index (χ4v) is 2.07. The van der Waals surface area contributed by atoms with Crippen molar-refractivity contribution in [3.8, 4) is 0 Å². The number of aromatic nitrogens is 5. The standard InChI is InChI=1S/C14H16N6O/c1-9-3-4-12-13(18-9)14(17-8-16-12)15-6-10-5-11(7-21-2)20-19-10/h3-5,8H,6-7H2,1-2H3,(H,19,20)(H,15,16,17). The highest BCUT2D eigenvalue weighted by atomic mass is 16.5. The van der Waals surface area contributed by atoms with Crippen LogP contribution in [0.5, 0.6) is 0 Å². The van der Waals surface area contributed by atoms with Crippen LogP contribution in [0.25, 0.3) is 11.0 Å². The van der Waals surface area contributed by atoms with E-state index in [4.69, 9.17) is 4.74 Å². The van der Waals surface area contributed by atoms with Crippen molar-refractivity contribution in [2.45, 2.75) is 20.1 Å². The van der Waals surface area contributed by atoms with Crippen molar-refractivity contribution in [1.82, 2.24) is 25.1 Å². The second-order valence-corrected chi connectivity index (χ2v) is 4.71. The molecule has 0 aliphatic carbocycles. The molecule has 0 bridgehead atoms. The predicted octanol–water partition coefficient (Wildman–Crippen LogP) is 1.81. The van der Waals surface area contributed by atoms with Gasteiger partial charge in [-0.1, -0.05) is 0 Å². The van der Waals surface area contributed by atoms with Crippen LogP contribution < -0.4 is 5.32 Å². The third kappa shape index (κ3) is 2.97. The van der Waals surface area contributed by atoms with Gasteiger partial charge in [0.2, 0.25) is 0 Å². The lowest BCUT2D eigenvalue weighted by Crippen LogP contribution is -2.04. The van der Waals surface area contributed by atoms with Gasteiger partial charge in [0.05, 0.1) is 30.1 Å². The van der Waals surface area contributed by atoms with E-state index in [1.807, 2.05) is 25.1 Å². The van der Waals surface area contributed by atoms with Crippen LogP contribution >= 0.6 is 0 Å².